The first-order valence-corrected chi connectivity index (χ1v) is 25.8. The van der Waals surface area contributed by atoms with Gasteiger partial charge in [-0.1, -0.05) is 261 Å². The number of rotatable bonds is 9. The monoisotopic (exact) mass is 952 g/mol. The van der Waals surface area contributed by atoms with Gasteiger partial charge in [-0.25, -0.2) is 9.97 Å². The summed E-state index contributed by atoms with van der Waals surface area (Å²) in [5.74, 6) is 0.692. The number of hydrogen-bond acceptors (Lipinski definition) is 2. The van der Waals surface area contributed by atoms with E-state index in [0.29, 0.717) is 5.82 Å². The zero-order chi connectivity index (χ0) is 49.7. The van der Waals surface area contributed by atoms with Gasteiger partial charge in [0, 0.05) is 16.7 Å². The molecule has 1 heterocycles. The molecule has 0 saturated carbocycles. The molecule has 0 atom stereocenters. The maximum atomic E-state index is 5.34. The zero-order valence-corrected chi connectivity index (χ0v) is 41.1. The van der Waals surface area contributed by atoms with E-state index in [1.165, 1.54) is 72.0 Å². The molecule has 0 unspecified atom stereocenters. The van der Waals surface area contributed by atoms with Crippen molar-refractivity contribution in [2.24, 2.45) is 0 Å². The highest BCUT2D eigenvalue weighted by Crippen LogP contribution is 2.57. The number of aromatic nitrogens is 2. The Morgan fingerprint density at radius 1 is 0.227 bits per heavy atom. The third kappa shape index (κ3) is 7.58. The lowest BCUT2D eigenvalue weighted by atomic mass is 9.67. The van der Waals surface area contributed by atoms with Crippen molar-refractivity contribution in [1.82, 2.24) is 9.97 Å². The van der Waals surface area contributed by atoms with Gasteiger partial charge in [-0.3, -0.25) is 0 Å². The van der Waals surface area contributed by atoms with Crippen LogP contribution in [0.4, 0.5) is 0 Å². The molecule has 0 bridgehead atoms. The molecule has 0 spiro atoms. The van der Waals surface area contributed by atoms with Gasteiger partial charge in [-0.15, -0.1) is 0 Å². The van der Waals surface area contributed by atoms with E-state index in [-0.39, 0.29) is 0 Å². The highest BCUT2D eigenvalue weighted by atomic mass is 14.9. The van der Waals surface area contributed by atoms with E-state index in [9.17, 15) is 0 Å². The Hall–Kier alpha value is -9.76. The van der Waals surface area contributed by atoms with Crippen LogP contribution in [0.25, 0.3) is 111 Å². The average molecular weight is 953 g/mol. The molecule has 1 aliphatic rings. The topological polar surface area (TPSA) is 25.8 Å². The minimum atomic E-state index is -0.469. The van der Waals surface area contributed by atoms with Crippen molar-refractivity contribution >= 4 is 21.5 Å². The van der Waals surface area contributed by atoms with Crippen LogP contribution < -0.4 is 0 Å². The summed E-state index contributed by atoms with van der Waals surface area (Å²) in [6.45, 7) is 0. The van der Waals surface area contributed by atoms with E-state index in [2.05, 4.69) is 285 Å². The third-order valence-corrected chi connectivity index (χ3v) is 15.4. The fourth-order valence-electron chi connectivity index (χ4n) is 11.9. The van der Waals surface area contributed by atoms with Gasteiger partial charge in [-0.05, 0) is 130 Å². The van der Waals surface area contributed by atoms with Crippen LogP contribution >= 0.6 is 0 Å². The Morgan fingerprint density at radius 2 is 0.693 bits per heavy atom. The van der Waals surface area contributed by atoms with Gasteiger partial charge in [0.2, 0.25) is 0 Å². The fraction of sp³-hybridized carbons (Fsp3) is 0.0137. The smallest absolute Gasteiger partial charge is 0.160 e. The lowest BCUT2D eigenvalue weighted by molar-refractivity contribution is 0.768. The summed E-state index contributed by atoms with van der Waals surface area (Å²) >= 11 is 0. The zero-order valence-electron chi connectivity index (χ0n) is 41.1. The highest BCUT2D eigenvalue weighted by molar-refractivity contribution is 6.06. The molecule has 0 radical (unpaired) electrons. The maximum Gasteiger partial charge on any atom is 0.160 e. The molecule has 0 N–H and O–H groups in total. The van der Waals surface area contributed by atoms with Gasteiger partial charge in [0.15, 0.2) is 5.82 Å². The van der Waals surface area contributed by atoms with Crippen molar-refractivity contribution < 1.29 is 0 Å². The van der Waals surface area contributed by atoms with Crippen LogP contribution in [-0.4, -0.2) is 9.97 Å². The molecule has 75 heavy (non-hydrogen) atoms. The second-order valence-corrected chi connectivity index (χ2v) is 19.6. The van der Waals surface area contributed by atoms with Crippen molar-refractivity contribution in [3.05, 3.63) is 313 Å². The summed E-state index contributed by atoms with van der Waals surface area (Å²) in [4.78, 5) is 10.5. The first-order valence-electron chi connectivity index (χ1n) is 25.8. The minimum absolute atomic E-state index is 0.469. The second kappa shape index (κ2) is 18.4. The van der Waals surface area contributed by atoms with Gasteiger partial charge in [0.1, 0.15) is 0 Å². The van der Waals surface area contributed by atoms with E-state index < -0.39 is 5.41 Å². The third-order valence-electron chi connectivity index (χ3n) is 15.4. The summed E-state index contributed by atoms with van der Waals surface area (Å²) in [7, 11) is 0. The molecule has 0 aliphatic heterocycles. The van der Waals surface area contributed by atoms with Crippen LogP contribution in [0.5, 0.6) is 0 Å². The van der Waals surface area contributed by atoms with Crippen LogP contribution in [-0.2, 0) is 5.41 Å². The number of nitrogens with zero attached hydrogens (tertiary/aromatic N) is 2. The standard InChI is InChI=1S/C73H48N2/c1-5-20-49(21-6-1)50-36-38-52(39-37-50)70-48-71(75-72(74-70)53-23-7-2-8-24-53)66-42-41-62(63-31-15-16-32-64(63)66)57-45-55(44-56(46-57)61-34-19-25-51-22-13-14-30-60(51)61)54-40-43-69-67(47-54)65-33-17-18-35-68(65)73(69,58-26-9-3-10-27-58)59-28-11-4-12-29-59/h1-48H. The molecule has 1 aliphatic carbocycles. The predicted molar refractivity (Wildman–Crippen MR) is 312 cm³/mol. The van der Waals surface area contributed by atoms with Gasteiger partial charge < -0.3 is 0 Å². The van der Waals surface area contributed by atoms with Crippen LogP contribution in [0.2, 0.25) is 0 Å². The Labute approximate surface area is 437 Å². The number of hydrogen-bond donors (Lipinski definition) is 0. The molecular formula is C73H48N2. The molecular weight excluding hydrogens is 905 g/mol. The largest absolute Gasteiger partial charge is 0.228 e. The first kappa shape index (κ1) is 44.0. The van der Waals surface area contributed by atoms with Gasteiger partial charge in [-0.2, -0.15) is 0 Å². The van der Waals surface area contributed by atoms with Crippen LogP contribution in [0.3, 0.4) is 0 Å². The summed E-state index contributed by atoms with van der Waals surface area (Å²) in [5.41, 5.74) is 21.4. The van der Waals surface area contributed by atoms with Crippen molar-refractivity contribution in [2.45, 2.75) is 5.41 Å². The Kier molecular flexibility index (Phi) is 10.8. The molecule has 2 nitrogen and oxygen atoms in total. The summed E-state index contributed by atoms with van der Waals surface area (Å²) in [5, 5.41) is 4.73. The normalized spacial score (nSPS) is 12.4. The second-order valence-electron chi connectivity index (χ2n) is 19.6. The van der Waals surface area contributed by atoms with Crippen molar-refractivity contribution in [3.63, 3.8) is 0 Å². The van der Waals surface area contributed by atoms with Crippen LogP contribution in [0.15, 0.2) is 291 Å². The molecule has 0 amide bonds. The summed E-state index contributed by atoms with van der Waals surface area (Å²) in [6, 6.07) is 106. The van der Waals surface area contributed by atoms with Crippen LogP contribution in [0, 0.1) is 0 Å². The SMILES string of the molecule is c1ccc(-c2ccc(-c3cc(-c4ccc(-c5cc(-c6ccc7c(c6)-c6ccccc6C7(c6ccccc6)c6ccccc6)cc(-c6cccc7ccccc67)c5)c5ccccc45)nc(-c4ccccc4)n3)cc2)cc1. The first-order chi connectivity index (χ1) is 37.2. The number of benzene rings is 12. The van der Waals surface area contributed by atoms with E-state index in [0.717, 1.165) is 55.5 Å². The van der Waals surface area contributed by atoms with Crippen molar-refractivity contribution in [3.8, 4) is 89.5 Å². The van der Waals surface area contributed by atoms with E-state index in [1.54, 1.807) is 0 Å². The molecule has 12 aromatic carbocycles. The highest BCUT2D eigenvalue weighted by Gasteiger charge is 2.46. The van der Waals surface area contributed by atoms with E-state index in [4.69, 9.17) is 9.97 Å². The van der Waals surface area contributed by atoms with Crippen LogP contribution in [0.1, 0.15) is 22.3 Å². The molecule has 1 aromatic heterocycles. The fourth-order valence-corrected chi connectivity index (χ4v) is 11.9. The Morgan fingerprint density at radius 3 is 1.40 bits per heavy atom. The van der Waals surface area contributed by atoms with E-state index >= 15 is 0 Å². The molecule has 2 heteroatoms. The lowest BCUT2D eigenvalue weighted by Crippen LogP contribution is -2.28. The predicted octanol–water partition coefficient (Wildman–Crippen LogP) is 18.8. The Bertz CT molecular complexity index is 4210. The molecule has 0 fully saturated rings. The van der Waals surface area contributed by atoms with Gasteiger partial charge in [0.05, 0.1) is 16.8 Å². The Balaban J connectivity index is 0.949. The lowest BCUT2D eigenvalue weighted by Gasteiger charge is -2.33. The quantitative estimate of drug-likeness (QED) is 0.144. The van der Waals surface area contributed by atoms with Crippen molar-refractivity contribution in [2.75, 3.05) is 0 Å². The summed E-state index contributed by atoms with van der Waals surface area (Å²) in [6.07, 6.45) is 0. The van der Waals surface area contributed by atoms with Crippen molar-refractivity contribution in [1.29, 1.82) is 0 Å². The van der Waals surface area contributed by atoms with Gasteiger partial charge >= 0.3 is 0 Å². The molecule has 13 aromatic rings. The molecule has 0 saturated heterocycles. The minimum Gasteiger partial charge on any atom is -0.228 e. The molecule has 350 valence electrons. The summed E-state index contributed by atoms with van der Waals surface area (Å²) < 4.78 is 0. The van der Waals surface area contributed by atoms with E-state index in [1.807, 2.05) is 6.07 Å². The molecule has 14 rings (SSSR count). The average Bonchev–Trinajstić information content (AvgIpc) is 3.87. The number of fused-ring (bicyclic) bond motifs is 5. The maximum absolute atomic E-state index is 5.34. The van der Waals surface area contributed by atoms with Gasteiger partial charge in [0.25, 0.3) is 0 Å².